The van der Waals surface area contributed by atoms with Crippen molar-refractivity contribution in [1.29, 1.82) is 0 Å². The Morgan fingerprint density at radius 3 is 2.68 bits per heavy atom. The molecule has 0 saturated heterocycles. The van der Waals surface area contributed by atoms with Gasteiger partial charge in [0.05, 0.1) is 5.52 Å². The van der Waals surface area contributed by atoms with E-state index < -0.39 is 0 Å². The highest BCUT2D eigenvalue weighted by Crippen LogP contribution is 2.28. The third-order valence-corrected chi connectivity index (χ3v) is 3.11. The van der Waals surface area contributed by atoms with E-state index in [1.54, 1.807) is 0 Å². The highest BCUT2D eigenvalue weighted by molar-refractivity contribution is 5.78. The third kappa shape index (κ3) is 2.22. The summed E-state index contributed by atoms with van der Waals surface area (Å²) in [5, 5.41) is 1.10. The lowest BCUT2D eigenvalue weighted by atomic mass is 10.2. The first kappa shape index (κ1) is 11.5. The van der Waals surface area contributed by atoms with E-state index in [1.165, 1.54) is 0 Å². The molecule has 3 heteroatoms. The predicted molar refractivity (Wildman–Crippen MR) is 77.4 cm³/mol. The maximum Gasteiger partial charge on any atom is 0.219 e. The second-order valence-electron chi connectivity index (χ2n) is 4.41. The van der Waals surface area contributed by atoms with Crippen LogP contribution < -0.4 is 10.5 Å². The summed E-state index contributed by atoms with van der Waals surface area (Å²) < 4.78 is 5.81. The summed E-state index contributed by atoms with van der Waals surface area (Å²) in [5.41, 5.74) is 8.43. The van der Waals surface area contributed by atoms with Gasteiger partial charge in [-0.1, -0.05) is 24.3 Å². The molecule has 3 nitrogen and oxygen atoms in total. The molecular formula is C16H14N2O. The lowest BCUT2D eigenvalue weighted by molar-refractivity contribution is 0.462. The number of nitrogens with two attached hydrogens (primary N) is 1. The standard InChI is InChI=1S/C16H14N2O/c1-11-13(17)6-4-8-15(11)19-16-10-9-12-5-2-3-7-14(12)18-16/h2-10H,17H2,1H3. The van der Waals surface area contributed by atoms with E-state index in [2.05, 4.69) is 4.98 Å². The van der Waals surface area contributed by atoms with E-state index >= 15 is 0 Å². The second-order valence-corrected chi connectivity index (χ2v) is 4.41. The second kappa shape index (κ2) is 4.61. The van der Waals surface area contributed by atoms with Crippen LogP contribution in [0.25, 0.3) is 10.9 Å². The number of para-hydroxylation sites is 1. The van der Waals surface area contributed by atoms with E-state index in [4.69, 9.17) is 10.5 Å². The number of hydrogen-bond donors (Lipinski definition) is 1. The van der Waals surface area contributed by atoms with Crippen LogP contribution in [-0.2, 0) is 0 Å². The number of pyridine rings is 1. The summed E-state index contributed by atoms with van der Waals surface area (Å²) in [6.45, 7) is 1.94. The number of anilines is 1. The molecule has 0 atom stereocenters. The van der Waals surface area contributed by atoms with Gasteiger partial charge in [-0.05, 0) is 31.2 Å². The molecule has 2 N–H and O–H groups in total. The van der Waals surface area contributed by atoms with Crippen molar-refractivity contribution in [3.05, 3.63) is 60.2 Å². The van der Waals surface area contributed by atoms with Crippen molar-refractivity contribution in [2.45, 2.75) is 6.92 Å². The molecular weight excluding hydrogens is 236 g/mol. The predicted octanol–water partition coefficient (Wildman–Crippen LogP) is 3.92. The van der Waals surface area contributed by atoms with Crippen molar-refractivity contribution in [3.63, 3.8) is 0 Å². The zero-order valence-electron chi connectivity index (χ0n) is 10.6. The number of benzene rings is 2. The number of rotatable bonds is 2. The molecule has 0 fully saturated rings. The summed E-state index contributed by atoms with van der Waals surface area (Å²) in [7, 11) is 0. The van der Waals surface area contributed by atoms with E-state index in [0.29, 0.717) is 5.88 Å². The van der Waals surface area contributed by atoms with Crippen LogP contribution in [0.5, 0.6) is 11.6 Å². The van der Waals surface area contributed by atoms with E-state index in [9.17, 15) is 0 Å². The minimum atomic E-state index is 0.576. The monoisotopic (exact) mass is 250 g/mol. The Balaban J connectivity index is 1.99. The lowest BCUT2D eigenvalue weighted by Gasteiger charge is -2.09. The highest BCUT2D eigenvalue weighted by atomic mass is 16.5. The fourth-order valence-corrected chi connectivity index (χ4v) is 1.96. The van der Waals surface area contributed by atoms with E-state index in [1.807, 2.05) is 61.5 Å². The molecule has 1 aromatic heterocycles. The molecule has 3 aromatic rings. The van der Waals surface area contributed by atoms with Crippen molar-refractivity contribution in [1.82, 2.24) is 4.98 Å². The van der Waals surface area contributed by atoms with Crippen molar-refractivity contribution in [3.8, 4) is 11.6 Å². The average molecular weight is 250 g/mol. The van der Waals surface area contributed by atoms with Gasteiger partial charge in [-0.25, -0.2) is 4.98 Å². The van der Waals surface area contributed by atoms with Gasteiger partial charge in [0, 0.05) is 22.7 Å². The Morgan fingerprint density at radius 1 is 0.947 bits per heavy atom. The van der Waals surface area contributed by atoms with Gasteiger partial charge in [-0.3, -0.25) is 0 Å². The number of fused-ring (bicyclic) bond motifs is 1. The fourth-order valence-electron chi connectivity index (χ4n) is 1.96. The number of ether oxygens (including phenoxy) is 1. The van der Waals surface area contributed by atoms with Gasteiger partial charge < -0.3 is 10.5 Å². The smallest absolute Gasteiger partial charge is 0.219 e. The van der Waals surface area contributed by atoms with Crippen LogP contribution in [0.1, 0.15) is 5.56 Å². The molecule has 0 radical (unpaired) electrons. The Labute approximate surface area is 111 Å². The fraction of sp³-hybridized carbons (Fsp3) is 0.0625. The molecule has 0 aliphatic heterocycles. The van der Waals surface area contributed by atoms with Crippen molar-refractivity contribution in [2.24, 2.45) is 0 Å². The number of nitrogens with zero attached hydrogens (tertiary/aromatic N) is 1. The minimum absolute atomic E-state index is 0.576. The van der Waals surface area contributed by atoms with Crippen LogP contribution in [-0.4, -0.2) is 4.98 Å². The maximum atomic E-state index is 5.86. The molecule has 0 spiro atoms. The zero-order chi connectivity index (χ0) is 13.2. The van der Waals surface area contributed by atoms with Crippen LogP contribution in [0.15, 0.2) is 54.6 Å². The number of aromatic nitrogens is 1. The molecule has 0 aliphatic carbocycles. The molecule has 94 valence electrons. The first-order valence-electron chi connectivity index (χ1n) is 6.13. The number of hydrogen-bond acceptors (Lipinski definition) is 3. The van der Waals surface area contributed by atoms with Gasteiger partial charge in [0.1, 0.15) is 5.75 Å². The first-order chi connectivity index (χ1) is 9.24. The van der Waals surface area contributed by atoms with Gasteiger partial charge >= 0.3 is 0 Å². The normalized spacial score (nSPS) is 10.6. The summed E-state index contributed by atoms with van der Waals surface area (Å²) in [4.78, 5) is 4.48. The van der Waals surface area contributed by atoms with Crippen LogP contribution >= 0.6 is 0 Å². The molecule has 0 bridgehead atoms. The van der Waals surface area contributed by atoms with Crippen molar-refractivity contribution < 1.29 is 4.74 Å². The van der Waals surface area contributed by atoms with Crippen LogP contribution in [0.2, 0.25) is 0 Å². The van der Waals surface area contributed by atoms with E-state index in [-0.39, 0.29) is 0 Å². The van der Waals surface area contributed by atoms with Crippen molar-refractivity contribution >= 4 is 16.6 Å². The average Bonchev–Trinajstić information content (AvgIpc) is 2.44. The Kier molecular flexibility index (Phi) is 2.80. The molecule has 0 aliphatic rings. The summed E-state index contributed by atoms with van der Waals surface area (Å²) >= 11 is 0. The Bertz CT molecular complexity index is 738. The molecule has 0 amide bonds. The van der Waals surface area contributed by atoms with Crippen LogP contribution in [0.4, 0.5) is 5.69 Å². The van der Waals surface area contributed by atoms with Gasteiger partial charge in [0.2, 0.25) is 5.88 Å². The molecule has 1 heterocycles. The van der Waals surface area contributed by atoms with Crippen LogP contribution in [0, 0.1) is 6.92 Å². The van der Waals surface area contributed by atoms with Gasteiger partial charge in [-0.2, -0.15) is 0 Å². The Hall–Kier alpha value is -2.55. The summed E-state index contributed by atoms with van der Waals surface area (Å²) in [6, 6.07) is 17.4. The van der Waals surface area contributed by atoms with Gasteiger partial charge in [0.15, 0.2) is 0 Å². The van der Waals surface area contributed by atoms with Gasteiger partial charge in [0.25, 0.3) is 0 Å². The Morgan fingerprint density at radius 2 is 1.79 bits per heavy atom. The number of nitrogen functional groups attached to an aromatic ring is 1. The molecule has 0 saturated carbocycles. The molecule has 0 unspecified atom stereocenters. The SMILES string of the molecule is Cc1c(N)cccc1Oc1ccc2ccccc2n1. The van der Waals surface area contributed by atoms with Crippen molar-refractivity contribution in [2.75, 3.05) is 5.73 Å². The summed E-state index contributed by atoms with van der Waals surface area (Å²) in [6.07, 6.45) is 0. The van der Waals surface area contributed by atoms with E-state index in [0.717, 1.165) is 27.9 Å². The molecule has 19 heavy (non-hydrogen) atoms. The lowest BCUT2D eigenvalue weighted by Crippen LogP contribution is -1.94. The minimum Gasteiger partial charge on any atom is -0.439 e. The largest absolute Gasteiger partial charge is 0.439 e. The van der Waals surface area contributed by atoms with Gasteiger partial charge in [-0.15, -0.1) is 0 Å². The quantitative estimate of drug-likeness (QED) is 0.701. The maximum absolute atomic E-state index is 5.86. The summed E-state index contributed by atoms with van der Waals surface area (Å²) in [5.74, 6) is 1.31. The van der Waals surface area contributed by atoms with Crippen LogP contribution in [0.3, 0.4) is 0 Å². The third-order valence-electron chi connectivity index (χ3n) is 3.11. The first-order valence-corrected chi connectivity index (χ1v) is 6.13. The highest BCUT2D eigenvalue weighted by Gasteiger charge is 2.05. The molecule has 2 aromatic carbocycles. The topological polar surface area (TPSA) is 48.1 Å². The zero-order valence-corrected chi connectivity index (χ0v) is 10.6. The molecule has 3 rings (SSSR count).